The molecule has 2 aromatic heterocycles. The topological polar surface area (TPSA) is 84.7 Å². The van der Waals surface area contributed by atoms with Crippen LogP contribution in [0.25, 0.3) is 5.82 Å². The quantitative estimate of drug-likeness (QED) is 0.623. The fraction of sp³-hybridized carbons (Fsp3) is 0.111. The van der Waals surface area contributed by atoms with Gasteiger partial charge in [-0.15, -0.1) is 5.43 Å². The second-order valence-electron chi connectivity index (χ2n) is 3.27. The van der Waals surface area contributed by atoms with Crippen molar-refractivity contribution >= 4 is 5.95 Å². The summed E-state index contributed by atoms with van der Waals surface area (Å²) < 4.78 is 36.6. The van der Waals surface area contributed by atoms with Crippen molar-refractivity contribution in [1.82, 2.24) is 24.9 Å². The van der Waals surface area contributed by atoms with Crippen LogP contribution in [0.3, 0.4) is 0 Å². The molecular formula is C9H7F3N6O. The van der Waals surface area contributed by atoms with E-state index in [4.69, 9.17) is 0 Å². The van der Waals surface area contributed by atoms with Gasteiger partial charge in [0.2, 0.25) is 5.95 Å². The fourth-order valence-corrected chi connectivity index (χ4v) is 1.18. The lowest BCUT2D eigenvalue weighted by molar-refractivity contribution is -0.151. The van der Waals surface area contributed by atoms with E-state index in [1.54, 1.807) is 17.6 Å². The molecule has 7 nitrogen and oxygen atoms in total. The highest BCUT2D eigenvalue weighted by Gasteiger charge is 2.27. The maximum atomic E-state index is 11.9. The molecule has 0 aromatic carbocycles. The minimum Gasteiger partial charge on any atom is -0.282 e. The van der Waals surface area contributed by atoms with E-state index in [9.17, 15) is 18.0 Å². The van der Waals surface area contributed by atoms with Gasteiger partial charge in [-0.25, -0.2) is 19.3 Å². The minimum absolute atomic E-state index is 0.267. The van der Waals surface area contributed by atoms with Crippen LogP contribution >= 0.6 is 0 Å². The number of hydrogen-bond donors (Lipinski definition) is 2. The maximum absolute atomic E-state index is 11.9. The molecule has 0 aliphatic heterocycles. The average molecular weight is 272 g/mol. The molecule has 0 aliphatic carbocycles. The van der Waals surface area contributed by atoms with E-state index in [1.165, 1.54) is 12.3 Å². The van der Waals surface area contributed by atoms with E-state index in [-0.39, 0.29) is 5.82 Å². The Morgan fingerprint density at radius 3 is 2.58 bits per heavy atom. The van der Waals surface area contributed by atoms with Crippen LogP contribution in [0, 0.1) is 0 Å². The summed E-state index contributed by atoms with van der Waals surface area (Å²) in [7, 11) is 0. The van der Waals surface area contributed by atoms with Gasteiger partial charge in [0.25, 0.3) is 0 Å². The predicted molar refractivity (Wildman–Crippen MR) is 58.2 cm³/mol. The Balaban J connectivity index is 2.21. The van der Waals surface area contributed by atoms with E-state index in [1.807, 2.05) is 0 Å². The highest BCUT2D eigenvalue weighted by molar-refractivity contribution is 5.24. The van der Waals surface area contributed by atoms with E-state index < -0.39 is 17.9 Å². The van der Waals surface area contributed by atoms with Crippen molar-refractivity contribution in [3.8, 4) is 5.82 Å². The van der Waals surface area contributed by atoms with Crippen LogP contribution in [0.5, 0.6) is 0 Å². The second-order valence-corrected chi connectivity index (χ2v) is 3.27. The molecular weight excluding hydrogens is 265 g/mol. The Kier molecular flexibility index (Phi) is 3.42. The summed E-state index contributed by atoms with van der Waals surface area (Å²) in [6.07, 6.45) is -2.17. The molecule has 0 aliphatic rings. The van der Waals surface area contributed by atoms with Gasteiger partial charge in [0.15, 0.2) is 0 Å². The molecule has 0 unspecified atom stereocenters. The average Bonchev–Trinajstić information content (AvgIpc) is 2.37. The zero-order valence-corrected chi connectivity index (χ0v) is 9.22. The molecule has 0 bridgehead atoms. The lowest BCUT2D eigenvalue weighted by atomic mass is 10.5. The molecule has 2 heterocycles. The summed E-state index contributed by atoms with van der Waals surface area (Å²) in [5.41, 5.74) is 1.85. The van der Waals surface area contributed by atoms with Crippen LogP contribution in [0.4, 0.5) is 19.1 Å². The number of nitrogens with zero attached hydrogens (tertiary/aromatic N) is 4. The van der Waals surface area contributed by atoms with Gasteiger partial charge in [0.05, 0.1) is 0 Å². The zero-order valence-electron chi connectivity index (χ0n) is 9.22. The normalized spacial score (nSPS) is 11.3. The molecule has 0 atom stereocenters. The first-order valence-corrected chi connectivity index (χ1v) is 4.93. The number of hydrazine groups is 1. The molecule has 0 saturated heterocycles. The number of nitrogens with one attached hydrogen (secondary N) is 2. The minimum atomic E-state index is -4.65. The first-order chi connectivity index (χ1) is 8.96. The smallest absolute Gasteiger partial charge is 0.282 e. The molecule has 0 saturated carbocycles. The standard InChI is InChI=1S/C9H7F3N6O/c10-9(11,12)17-16-7-14-5-18(8(19)15-7)6-3-1-2-4-13-6/h1-5,17H,(H,15,16,19). The van der Waals surface area contributed by atoms with Crippen LogP contribution in [0.15, 0.2) is 35.5 Å². The first kappa shape index (κ1) is 13.0. The number of aromatic nitrogens is 4. The van der Waals surface area contributed by atoms with Crippen LogP contribution in [0.2, 0.25) is 0 Å². The van der Waals surface area contributed by atoms with Crippen molar-refractivity contribution in [2.75, 3.05) is 5.43 Å². The Labute approximate surface area is 104 Å². The summed E-state index contributed by atoms with van der Waals surface area (Å²) in [5, 5.41) is 0. The maximum Gasteiger partial charge on any atom is 0.474 e. The third kappa shape index (κ3) is 3.48. The Morgan fingerprint density at radius 1 is 1.21 bits per heavy atom. The Hall–Kier alpha value is -2.49. The summed E-state index contributed by atoms with van der Waals surface area (Å²) in [6, 6.07) is 4.83. The Bertz CT molecular complexity index is 611. The molecule has 2 aromatic rings. The number of rotatable bonds is 3. The van der Waals surface area contributed by atoms with Crippen molar-refractivity contribution in [2.45, 2.75) is 6.30 Å². The first-order valence-electron chi connectivity index (χ1n) is 4.93. The van der Waals surface area contributed by atoms with Crippen molar-refractivity contribution in [2.24, 2.45) is 0 Å². The molecule has 100 valence electrons. The SMILES string of the molecule is O=c1nc(NNC(F)(F)F)ncn1-c1ccccn1. The molecule has 10 heteroatoms. The molecule has 2 N–H and O–H groups in total. The number of pyridine rings is 1. The van der Waals surface area contributed by atoms with Gasteiger partial charge in [-0.1, -0.05) is 6.07 Å². The third-order valence-electron chi connectivity index (χ3n) is 1.92. The second kappa shape index (κ2) is 5.02. The van der Waals surface area contributed by atoms with Gasteiger partial charge in [-0.2, -0.15) is 18.2 Å². The van der Waals surface area contributed by atoms with Gasteiger partial charge in [-0.05, 0) is 12.1 Å². The van der Waals surface area contributed by atoms with Crippen LogP contribution in [-0.2, 0) is 0 Å². The summed E-state index contributed by atoms with van der Waals surface area (Å²) in [5.74, 6) is -0.225. The van der Waals surface area contributed by atoms with E-state index >= 15 is 0 Å². The summed E-state index contributed by atoms with van der Waals surface area (Å²) in [4.78, 5) is 22.4. The number of anilines is 1. The van der Waals surface area contributed by atoms with E-state index in [0.717, 1.165) is 16.3 Å². The monoisotopic (exact) mass is 272 g/mol. The molecule has 2 rings (SSSR count). The lowest BCUT2D eigenvalue weighted by Gasteiger charge is -2.09. The van der Waals surface area contributed by atoms with Crippen LogP contribution < -0.4 is 16.5 Å². The van der Waals surface area contributed by atoms with Crippen molar-refractivity contribution in [3.63, 3.8) is 0 Å². The van der Waals surface area contributed by atoms with Crippen molar-refractivity contribution in [1.29, 1.82) is 0 Å². The Morgan fingerprint density at radius 2 is 2.00 bits per heavy atom. The molecule has 0 spiro atoms. The molecule has 0 fully saturated rings. The molecule has 0 radical (unpaired) electrons. The van der Waals surface area contributed by atoms with Crippen LogP contribution in [0.1, 0.15) is 0 Å². The molecule has 19 heavy (non-hydrogen) atoms. The summed E-state index contributed by atoms with van der Waals surface area (Å²) >= 11 is 0. The fourth-order valence-electron chi connectivity index (χ4n) is 1.18. The lowest BCUT2D eigenvalue weighted by Crippen LogP contribution is -2.38. The number of hydrogen-bond acceptors (Lipinski definition) is 6. The molecule has 0 amide bonds. The van der Waals surface area contributed by atoms with Crippen LogP contribution in [-0.4, -0.2) is 25.8 Å². The van der Waals surface area contributed by atoms with Gasteiger partial charge in [0.1, 0.15) is 12.1 Å². The van der Waals surface area contributed by atoms with Gasteiger partial charge in [-0.3, -0.25) is 5.43 Å². The van der Waals surface area contributed by atoms with Crippen molar-refractivity contribution < 1.29 is 13.2 Å². The zero-order chi connectivity index (χ0) is 13.9. The van der Waals surface area contributed by atoms with E-state index in [2.05, 4.69) is 15.0 Å². The predicted octanol–water partition coefficient (Wildman–Crippen LogP) is 0.459. The largest absolute Gasteiger partial charge is 0.474 e. The van der Waals surface area contributed by atoms with Gasteiger partial charge in [0, 0.05) is 6.20 Å². The highest BCUT2D eigenvalue weighted by Crippen LogP contribution is 2.08. The van der Waals surface area contributed by atoms with Crippen molar-refractivity contribution in [3.05, 3.63) is 41.2 Å². The van der Waals surface area contributed by atoms with Gasteiger partial charge >= 0.3 is 12.0 Å². The number of halogens is 3. The number of alkyl halides is 3. The third-order valence-corrected chi connectivity index (χ3v) is 1.92. The van der Waals surface area contributed by atoms with Gasteiger partial charge < -0.3 is 0 Å². The summed E-state index contributed by atoms with van der Waals surface area (Å²) in [6.45, 7) is 0. The highest BCUT2D eigenvalue weighted by atomic mass is 19.4. The van der Waals surface area contributed by atoms with E-state index in [0.29, 0.717) is 0 Å².